The van der Waals surface area contributed by atoms with Gasteiger partial charge >= 0.3 is 116 Å². The van der Waals surface area contributed by atoms with Gasteiger partial charge in [-0.3, -0.25) is 0 Å². The molecule has 2 aliphatic carbocycles. The van der Waals surface area contributed by atoms with E-state index in [0.717, 1.165) is 0 Å². The SMILES string of the molecule is CCC[CH2][Sn+]([CH]1CCCCC1)[CH]1CCCCC1. The molecule has 0 bridgehead atoms. The van der Waals surface area contributed by atoms with Crippen molar-refractivity contribution in [3.8, 4) is 0 Å². The van der Waals surface area contributed by atoms with Crippen LogP contribution in [0.3, 0.4) is 0 Å². The van der Waals surface area contributed by atoms with E-state index in [9.17, 15) is 0 Å². The molecule has 17 heavy (non-hydrogen) atoms. The Morgan fingerprint density at radius 2 is 1.24 bits per heavy atom. The van der Waals surface area contributed by atoms with E-state index < -0.39 is 19.8 Å². The summed E-state index contributed by atoms with van der Waals surface area (Å²) in [6, 6.07) is 0. The first-order valence-corrected chi connectivity index (χ1v) is 13.6. The van der Waals surface area contributed by atoms with E-state index in [1.54, 1.807) is 75.1 Å². The van der Waals surface area contributed by atoms with Crippen molar-refractivity contribution < 1.29 is 0 Å². The Morgan fingerprint density at radius 1 is 0.765 bits per heavy atom. The van der Waals surface area contributed by atoms with Crippen molar-refractivity contribution in [2.75, 3.05) is 0 Å². The van der Waals surface area contributed by atoms with Gasteiger partial charge in [0, 0.05) is 0 Å². The molecule has 0 amide bonds. The predicted molar refractivity (Wildman–Crippen MR) is 79.1 cm³/mol. The molecule has 0 heterocycles. The van der Waals surface area contributed by atoms with E-state index in [0.29, 0.717) is 0 Å². The summed E-state index contributed by atoms with van der Waals surface area (Å²) in [5, 5.41) is 0. The summed E-state index contributed by atoms with van der Waals surface area (Å²) in [7, 11) is 0. The summed E-state index contributed by atoms with van der Waals surface area (Å²) >= 11 is -1.05. The topological polar surface area (TPSA) is 0 Å². The normalized spacial score (nSPS) is 23.8. The van der Waals surface area contributed by atoms with Gasteiger partial charge in [0.25, 0.3) is 0 Å². The first-order valence-electron chi connectivity index (χ1n) is 8.27. The Balaban J connectivity index is 1.90. The molecule has 98 valence electrons. The first kappa shape index (κ1) is 14.2. The molecule has 2 rings (SSSR count). The zero-order chi connectivity index (χ0) is 11.9. The molecule has 0 saturated heterocycles. The van der Waals surface area contributed by atoms with E-state index in [1.165, 1.54) is 14.3 Å². The molecule has 0 aromatic heterocycles. The van der Waals surface area contributed by atoms with Gasteiger partial charge in [-0.15, -0.1) is 0 Å². The van der Waals surface area contributed by atoms with Gasteiger partial charge in [-0.2, -0.15) is 0 Å². The Kier molecular flexibility index (Phi) is 6.74. The van der Waals surface area contributed by atoms with Gasteiger partial charge in [0.05, 0.1) is 0 Å². The summed E-state index contributed by atoms with van der Waals surface area (Å²) in [6.07, 6.45) is 19.0. The van der Waals surface area contributed by atoms with Crippen LogP contribution in [0.25, 0.3) is 0 Å². The summed E-state index contributed by atoms with van der Waals surface area (Å²) in [5.41, 5.74) is 0. The summed E-state index contributed by atoms with van der Waals surface area (Å²) in [6.45, 7) is 2.39. The average Bonchev–Trinajstić information content (AvgIpc) is 2.42. The predicted octanol–water partition coefficient (Wildman–Crippen LogP) is 5.95. The molecule has 2 aliphatic rings. The zero-order valence-electron chi connectivity index (χ0n) is 11.8. The maximum atomic E-state index is 2.39. The third-order valence-corrected chi connectivity index (χ3v) is 17.0. The number of rotatable bonds is 5. The number of hydrogen-bond acceptors (Lipinski definition) is 0. The molecule has 2 saturated carbocycles. The van der Waals surface area contributed by atoms with Crippen LogP contribution in [0.5, 0.6) is 0 Å². The van der Waals surface area contributed by atoms with Gasteiger partial charge in [-0.1, -0.05) is 0 Å². The van der Waals surface area contributed by atoms with Gasteiger partial charge in [-0.25, -0.2) is 0 Å². The molecule has 0 N–H and O–H groups in total. The summed E-state index contributed by atoms with van der Waals surface area (Å²) in [4.78, 5) is 0. The second-order valence-electron chi connectivity index (χ2n) is 6.35. The van der Waals surface area contributed by atoms with E-state index >= 15 is 0 Å². The Morgan fingerprint density at radius 3 is 1.65 bits per heavy atom. The van der Waals surface area contributed by atoms with Gasteiger partial charge < -0.3 is 0 Å². The van der Waals surface area contributed by atoms with Gasteiger partial charge in [0.15, 0.2) is 0 Å². The second-order valence-corrected chi connectivity index (χ2v) is 15.7. The Bertz CT molecular complexity index is 172. The number of unbranched alkanes of at least 4 members (excludes halogenated alkanes) is 1. The van der Waals surface area contributed by atoms with Crippen molar-refractivity contribution in [2.45, 2.75) is 96.3 Å². The van der Waals surface area contributed by atoms with Gasteiger partial charge in [0.2, 0.25) is 0 Å². The fraction of sp³-hybridized carbons (Fsp3) is 1.00. The van der Waals surface area contributed by atoms with Crippen molar-refractivity contribution in [1.29, 1.82) is 0 Å². The standard InChI is InChI=1S/2C6H11.C4H9.Sn/c2*1-2-4-6-5-3-1;1-3-4-2;/h2*1H,2-6H2;1,3-4H2,2H3;/q;;;+1. The Labute approximate surface area is 116 Å². The minimum atomic E-state index is -1.05. The first-order chi connectivity index (χ1) is 8.42. The van der Waals surface area contributed by atoms with Crippen molar-refractivity contribution in [1.82, 2.24) is 0 Å². The summed E-state index contributed by atoms with van der Waals surface area (Å²) in [5.74, 6) is 0. The van der Waals surface area contributed by atoms with Gasteiger partial charge in [-0.05, 0) is 0 Å². The molecule has 0 aliphatic heterocycles. The molecular formula is C16H31Sn+. The molecule has 0 radical (unpaired) electrons. The van der Waals surface area contributed by atoms with Crippen LogP contribution in [0.15, 0.2) is 0 Å². The molecule has 0 atom stereocenters. The quantitative estimate of drug-likeness (QED) is 0.542. The van der Waals surface area contributed by atoms with E-state index in [4.69, 9.17) is 0 Å². The molecule has 0 unspecified atom stereocenters. The zero-order valence-corrected chi connectivity index (χ0v) is 14.7. The van der Waals surface area contributed by atoms with E-state index in [2.05, 4.69) is 6.92 Å². The van der Waals surface area contributed by atoms with Crippen molar-refractivity contribution in [3.05, 3.63) is 0 Å². The van der Waals surface area contributed by atoms with Crippen LogP contribution in [-0.4, -0.2) is 19.8 Å². The molecule has 0 aromatic rings. The van der Waals surface area contributed by atoms with E-state index in [-0.39, 0.29) is 0 Å². The molecular weight excluding hydrogens is 311 g/mol. The van der Waals surface area contributed by atoms with E-state index in [1.807, 2.05) is 0 Å². The molecule has 0 nitrogen and oxygen atoms in total. The molecule has 0 spiro atoms. The van der Waals surface area contributed by atoms with Crippen LogP contribution in [0.4, 0.5) is 0 Å². The fourth-order valence-electron chi connectivity index (χ4n) is 4.07. The Hall–Kier alpha value is 0.799. The van der Waals surface area contributed by atoms with Crippen LogP contribution in [0.1, 0.15) is 84.0 Å². The van der Waals surface area contributed by atoms with Gasteiger partial charge in [0.1, 0.15) is 0 Å². The van der Waals surface area contributed by atoms with Crippen molar-refractivity contribution in [2.24, 2.45) is 0 Å². The van der Waals surface area contributed by atoms with Crippen LogP contribution in [0, 0.1) is 0 Å². The molecule has 0 aromatic carbocycles. The third-order valence-electron chi connectivity index (χ3n) is 5.08. The molecule has 2 fully saturated rings. The number of hydrogen-bond donors (Lipinski definition) is 0. The van der Waals surface area contributed by atoms with Crippen LogP contribution in [-0.2, 0) is 0 Å². The molecule has 1 heteroatoms. The maximum absolute atomic E-state index is 2.39. The second kappa shape index (κ2) is 8.07. The third kappa shape index (κ3) is 4.44. The average molecular weight is 342 g/mol. The van der Waals surface area contributed by atoms with Crippen LogP contribution >= 0.6 is 0 Å². The monoisotopic (exact) mass is 343 g/mol. The van der Waals surface area contributed by atoms with Crippen molar-refractivity contribution >= 4 is 19.8 Å². The van der Waals surface area contributed by atoms with Crippen molar-refractivity contribution in [3.63, 3.8) is 0 Å². The van der Waals surface area contributed by atoms with Crippen LogP contribution in [0.2, 0.25) is 12.3 Å². The summed E-state index contributed by atoms with van der Waals surface area (Å²) < 4.78 is 4.36. The fourth-order valence-corrected chi connectivity index (χ4v) is 17.0. The minimum absolute atomic E-state index is 1.05. The van der Waals surface area contributed by atoms with Crippen LogP contribution < -0.4 is 0 Å².